The summed E-state index contributed by atoms with van der Waals surface area (Å²) in [6.45, 7) is 4.64. The van der Waals surface area contributed by atoms with Crippen LogP contribution >= 0.6 is 0 Å². The lowest BCUT2D eigenvalue weighted by Crippen LogP contribution is -2.20. The van der Waals surface area contributed by atoms with Crippen LogP contribution in [0.3, 0.4) is 0 Å². The first-order valence-corrected chi connectivity index (χ1v) is 4.42. The average Bonchev–Trinajstić information content (AvgIpc) is 2.75. The van der Waals surface area contributed by atoms with Gasteiger partial charge in [0.15, 0.2) is 0 Å². The molecule has 2 heteroatoms. The first kappa shape index (κ1) is 9.01. The Morgan fingerprint density at radius 2 is 1.36 bits per heavy atom. The second kappa shape index (κ2) is 2.76. The van der Waals surface area contributed by atoms with E-state index in [4.69, 9.17) is 10.2 Å². The molecule has 1 rings (SSSR count). The molecule has 0 amide bonds. The molecule has 0 unspecified atom stereocenters. The van der Waals surface area contributed by atoms with E-state index < -0.39 is 0 Å². The molecule has 66 valence electrons. The van der Waals surface area contributed by atoms with Crippen molar-refractivity contribution in [1.29, 1.82) is 0 Å². The van der Waals surface area contributed by atoms with Crippen molar-refractivity contribution in [3.63, 3.8) is 0 Å². The standard InChI is InChI=1S/C9H18O2/c1-3-8(6-10)5-9(8,4-2)7-11/h10-11H,3-7H2,1-2H3/t8-,9-/m0/s1. The van der Waals surface area contributed by atoms with Gasteiger partial charge >= 0.3 is 0 Å². The Balaban J connectivity index is 2.65. The Labute approximate surface area is 68.2 Å². The molecule has 1 fully saturated rings. The fraction of sp³-hybridized carbons (Fsp3) is 1.00. The Hall–Kier alpha value is -0.0800. The summed E-state index contributed by atoms with van der Waals surface area (Å²) in [6, 6.07) is 0. The number of hydrogen-bond acceptors (Lipinski definition) is 2. The smallest absolute Gasteiger partial charge is 0.0493 e. The van der Waals surface area contributed by atoms with Gasteiger partial charge in [-0.05, 0) is 19.3 Å². The maximum absolute atomic E-state index is 9.14. The van der Waals surface area contributed by atoms with Crippen LogP contribution in [0.15, 0.2) is 0 Å². The predicted octanol–water partition coefficient (Wildman–Crippen LogP) is 1.17. The van der Waals surface area contributed by atoms with E-state index in [0.29, 0.717) is 0 Å². The molecule has 1 aliphatic carbocycles. The van der Waals surface area contributed by atoms with Gasteiger partial charge in [0.05, 0.1) is 0 Å². The zero-order valence-electron chi connectivity index (χ0n) is 7.43. The minimum Gasteiger partial charge on any atom is -0.396 e. The van der Waals surface area contributed by atoms with E-state index in [1.165, 1.54) is 0 Å². The second-order valence-corrected chi connectivity index (χ2v) is 3.76. The SMILES string of the molecule is CC[C@@]1(CO)C[C@@]1(CC)CO. The summed E-state index contributed by atoms with van der Waals surface area (Å²) in [4.78, 5) is 0. The largest absolute Gasteiger partial charge is 0.396 e. The molecule has 0 bridgehead atoms. The van der Waals surface area contributed by atoms with E-state index in [0.717, 1.165) is 19.3 Å². The molecule has 1 saturated carbocycles. The summed E-state index contributed by atoms with van der Waals surface area (Å²) in [5.41, 5.74) is 0.104. The van der Waals surface area contributed by atoms with Gasteiger partial charge in [0.2, 0.25) is 0 Å². The van der Waals surface area contributed by atoms with E-state index in [1.807, 2.05) is 0 Å². The summed E-state index contributed by atoms with van der Waals surface area (Å²) in [5.74, 6) is 0. The van der Waals surface area contributed by atoms with E-state index in [9.17, 15) is 0 Å². The monoisotopic (exact) mass is 158 g/mol. The number of aliphatic hydroxyl groups excluding tert-OH is 2. The van der Waals surface area contributed by atoms with E-state index >= 15 is 0 Å². The second-order valence-electron chi connectivity index (χ2n) is 3.76. The van der Waals surface area contributed by atoms with Crippen LogP contribution in [0.1, 0.15) is 33.1 Å². The molecular weight excluding hydrogens is 140 g/mol. The molecule has 0 aliphatic heterocycles. The van der Waals surface area contributed by atoms with Crippen molar-refractivity contribution in [2.24, 2.45) is 10.8 Å². The van der Waals surface area contributed by atoms with Gasteiger partial charge in [-0.3, -0.25) is 0 Å². The molecule has 2 nitrogen and oxygen atoms in total. The average molecular weight is 158 g/mol. The first-order chi connectivity index (χ1) is 5.20. The van der Waals surface area contributed by atoms with Crippen molar-refractivity contribution in [1.82, 2.24) is 0 Å². The molecule has 0 saturated heterocycles. The Morgan fingerprint density at radius 3 is 1.45 bits per heavy atom. The van der Waals surface area contributed by atoms with Gasteiger partial charge in [-0.25, -0.2) is 0 Å². The quantitative estimate of drug-likeness (QED) is 0.644. The Morgan fingerprint density at radius 1 is 1.00 bits per heavy atom. The third-order valence-electron chi connectivity index (χ3n) is 3.64. The maximum Gasteiger partial charge on any atom is 0.0493 e. The summed E-state index contributed by atoms with van der Waals surface area (Å²) >= 11 is 0. The summed E-state index contributed by atoms with van der Waals surface area (Å²) in [7, 11) is 0. The topological polar surface area (TPSA) is 40.5 Å². The number of hydrogen-bond donors (Lipinski definition) is 2. The van der Waals surface area contributed by atoms with Gasteiger partial charge in [0.1, 0.15) is 0 Å². The van der Waals surface area contributed by atoms with Crippen molar-refractivity contribution in [2.45, 2.75) is 33.1 Å². The van der Waals surface area contributed by atoms with Crippen LogP contribution in [0, 0.1) is 10.8 Å². The van der Waals surface area contributed by atoms with E-state index in [2.05, 4.69) is 13.8 Å². The fourth-order valence-corrected chi connectivity index (χ4v) is 2.27. The van der Waals surface area contributed by atoms with Gasteiger partial charge in [0.25, 0.3) is 0 Å². The van der Waals surface area contributed by atoms with Gasteiger partial charge in [-0.2, -0.15) is 0 Å². The van der Waals surface area contributed by atoms with Crippen LogP contribution in [0.2, 0.25) is 0 Å². The molecule has 0 aromatic rings. The van der Waals surface area contributed by atoms with Crippen LogP contribution in [0.5, 0.6) is 0 Å². The molecule has 0 spiro atoms. The number of rotatable bonds is 4. The van der Waals surface area contributed by atoms with E-state index in [-0.39, 0.29) is 24.0 Å². The zero-order valence-corrected chi connectivity index (χ0v) is 7.43. The lowest BCUT2D eigenvalue weighted by molar-refractivity contribution is 0.114. The van der Waals surface area contributed by atoms with Crippen molar-refractivity contribution < 1.29 is 10.2 Å². The highest BCUT2D eigenvalue weighted by Gasteiger charge is 2.63. The maximum atomic E-state index is 9.14. The van der Waals surface area contributed by atoms with Crippen molar-refractivity contribution in [2.75, 3.05) is 13.2 Å². The molecular formula is C9H18O2. The molecule has 0 heterocycles. The van der Waals surface area contributed by atoms with Crippen LogP contribution in [0.4, 0.5) is 0 Å². The Bertz CT molecular complexity index is 118. The van der Waals surface area contributed by atoms with Crippen molar-refractivity contribution in [3.8, 4) is 0 Å². The normalized spacial score (nSPS) is 42.5. The number of aliphatic hydroxyl groups is 2. The third-order valence-corrected chi connectivity index (χ3v) is 3.64. The zero-order chi connectivity index (χ0) is 8.54. The lowest BCUT2D eigenvalue weighted by atomic mass is 9.89. The first-order valence-electron chi connectivity index (χ1n) is 4.42. The molecule has 0 aromatic carbocycles. The summed E-state index contributed by atoms with van der Waals surface area (Å²) in [6.07, 6.45) is 2.97. The van der Waals surface area contributed by atoms with Crippen LogP contribution in [0.25, 0.3) is 0 Å². The molecule has 1 aliphatic rings. The Kier molecular flexibility index (Phi) is 2.26. The molecule has 0 radical (unpaired) electrons. The highest BCUT2D eigenvalue weighted by molar-refractivity contribution is 5.12. The third kappa shape index (κ3) is 1.00. The van der Waals surface area contributed by atoms with Gasteiger partial charge in [-0.15, -0.1) is 0 Å². The van der Waals surface area contributed by atoms with Crippen molar-refractivity contribution >= 4 is 0 Å². The summed E-state index contributed by atoms with van der Waals surface area (Å²) < 4.78 is 0. The van der Waals surface area contributed by atoms with Gasteiger partial charge in [-0.1, -0.05) is 13.8 Å². The van der Waals surface area contributed by atoms with Crippen LogP contribution in [-0.4, -0.2) is 23.4 Å². The summed E-state index contributed by atoms with van der Waals surface area (Å²) in [5, 5.41) is 18.3. The molecule has 11 heavy (non-hydrogen) atoms. The van der Waals surface area contributed by atoms with Crippen molar-refractivity contribution in [3.05, 3.63) is 0 Å². The van der Waals surface area contributed by atoms with Crippen LogP contribution in [-0.2, 0) is 0 Å². The predicted molar refractivity (Wildman–Crippen MR) is 44.2 cm³/mol. The lowest BCUT2D eigenvalue weighted by Gasteiger charge is -2.19. The minimum absolute atomic E-state index is 0.0521. The fourth-order valence-electron chi connectivity index (χ4n) is 2.27. The molecule has 2 N–H and O–H groups in total. The molecule has 0 aromatic heterocycles. The van der Waals surface area contributed by atoms with E-state index in [1.54, 1.807) is 0 Å². The minimum atomic E-state index is 0.0521. The van der Waals surface area contributed by atoms with Crippen LogP contribution < -0.4 is 0 Å². The highest BCUT2D eigenvalue weighted by Crippen LogP contribution is 2.67. The van der Waals surface area contributed by atoms with Gasteiger partial charge < -0.3 is 10.2 Å². The van der Waals surface area contributed by atoms with Gasteiger partial charge in [0, 0.05) is 24.0 Å². The molecule has 2 atom stereocenters. The highest BCUT2D eigenvalue weighted by atomic mass is 16.3.